The summed E-state index contributed by atoms with van der Waals surface area (Å²) in [4.78, 5) is 22.0. The van der Waals surface area contributed by atoms with Gasteiger partial charge in [0.25, 0.3) is 5.91 Å². The highest BCUT2D eigenvalue weighted by Gasteiger charge is 2.35. The molecule has 3 aromatic rings. The van der Waals surface area contributed by atoms with Crippen molar-refractivity contribution in [2.75, 3.05) is 11.5 Å². The SMILES string of the molecule is Cc1ccc(-c2c(C#N)c(N)nc3sc(C(=O)N(C4CCCCC4)C4CCCCC4)c(N)c23)cc1. The maximum atomic E-state index is 14.2. The van der Waals surface area contributed by atoms with E-state index in [0.29, 0.717) is 31.9 Å². The van der Waals surface area contributed by atoms with E-state index in [-0.39, 0.29) is 23.8 Å². The van der Waals surface area contributed by atoms with Crippen molar-refractivity contribution in [2.24, 2.45) is 0 Å². The van der Waals surface area contributed by atoms with E-state index in [1.165, 1.54) is 49.9 Å². The number of nitrogens with zero attached hydrogens (tertiary/aromatic N) is 3. The third kappa shape index (κ3) is 4.36. The van der Waals surface area contributed by atoms with Gasteiger partial charge < -0.3 is 16.4 Å². The van der Waals surface area contributed by atoms with E-state index in [2.05, 4.69) is 16.0 Å². The van der Waals surface area contributed by atoms with Crippen molar-refractivity contribution < 1.29 is 4.79 Å². The van der Waals surface area contributed by atoms with Gasteiger partial charge in [-0.05, 0) is 38.2 Å². The molecule has 0 aliphatic heterocycles. The molecule has 1 aromatic carbocycles. The first-order chi connectivity index (χ1) is 17.0. The predicted molar refractivity (Wildman–Crippen MR) is 143 cm³/mol. The van der Waals surface area contributed by atoms with Crippen LogP contribution in [0.5, 0.6) is 0 Å². The van der Waals surface area contributed by atoms with E-state index in [9.17, 15) is 10.1 Å². The minimum Gasteiger partial charge on any atom is -0.397 e. The molecule has 7 heteroatoms. The molecule has 2 aliphatic rings. The number of carbonyl (C=O) groups is 1. The Morgan fingerprint density at radius 2 is 1.57 bits per heavy atom. The lowest BCUT2D eigenvalue weighted by Gasteiger charge is -2.41. The number of thiophene rings is 1. The van der Waals surface area contributed by atoms with E-state index in [1.54, 1.807) is 0 Å². The molecule has 0 unspecified atom stereocenters. The molecule has 4 N–H and O–H groups in total. The topological polar surface area (TPSA) is 109 Å². The van der Waals surface area contributed by atoms with Crippen molar-refractivity contribution in [1.82, 2.24) is 9.88 Å². The summed E-state index contributed by atoms with van der Waals surface area (Å²) >= 11 is 1.32. The molecule has 182 valence electrons. The summed E-state index contributed by atoms with van der Waals surface area (Å²) < 4.78 is 0. The Labute approximate surface area is 210 Å². The average molecular weight is 488 g/mol. The first kappa shape index (κ1) is 23.6. The number of fused-ring (bicyclic) bond motifs is 1. The zero-order valence-corrected chi connectivity index (χ0v) is 21.2. The smallest absolute Gasteiger partial charge is 0.266 e. The Morgan fingerprint density at radius 1 is 1.00 bits per heavy atom. The number of nitrogen functional groups attached to an aromatic ring is 2. The van der Waals surface area contributed by atoms with Gasteiger partial charge in [0.2, 0.25) is 0 Å². The fourth-order valence-corrected chi connectivity index (χ4v) is 6.97. The summed E-state index contributed by atoms with van der Waals surface area (Å²) in [7, 11) is 0. The Kier molecular flexibility index (Phi) is 6.66. The van der Waals surface area contributed by atoms with Crippen LogP contribution < -0.4 is 11.5 Å². The van der Waals surface area contributed by atoms with Crippen LogP contribution in [-0.4, -0.2) is 27.9 Å². The first-order valence-electron chi connectivity index (χ1n) is 12.8. The molecule has 2 aromatic heterocycles. The molecule has 0 bridgehead atoms. The molecule has 0 saturated heterocycles. The molecule has 2 fully saturated rings. The second-order valence-corrected chi connectivity index (χ2v) is 11.0. The molecule has 0 atom stereocenters. The van der Waals surface area contributed by atoms with E-state index < -0.39 is 0 Å². The van der Waals surface area contributed by atoms with Gasteiger partial charge in [-0.15, -0.1) is 11.3 Å². The Morgan fingerprint density at radius 3 is 2.11 bits per heavy atom. The summed E-state index contributed by atoms with van der Waals surface area (Å²) in [5.74, 6) is 0.198. The van der Waals surface area contributed by atoms with Crippen LogP contribution in [0.3, 0.4) is 0 Å². The molecule has 6 nitrogen and oxygen atoms in total. The van der Waals surface area contributed by atoms with Crippen LogP contribution in [-0.2, 0) is 0 Å². The van der Waals surface area contributed by atoms with Gasteiger partial charge in [-0.25, -0.2) is 4.98 Å². The van der Waals surface area contributed by atoms with E-state index >= 15 is 0 Å². The third-order valence-corrected chi connectivity index (χ3v) is 8.81. The maximum absolute atomic E-state index is 14.2. The van der Waals surface area contributed by atoms with Crippen molar-refractivity contribution in [2.45, 2.75) is 83.2 Å². The molecule has 0 spiro atoms. The lowest BCUT2D eigenvalue weighted by molar-refractivity contribution is 0.0454. The largest absolute Gasteiger partial charge is 0.397 e. The van der Waals surface area contributed by atoms with Crippen LogP contribution in [0.1, 0.15) is 85.0 Å². The van der Waals surface area contributed by atoms with E-state index in [1.807, 2.05) is 31.2 Å². The average Bonchev–Trinajstić information content (AvgIpc) is 3.20. The fraction of sp³-hybridized carbons (Fsp3) is 0.464. The van der Waals surface area contributed by atoms with Gasteiger partial charge in [0.05, 0.1) is 5.69 Å². The van der Waals surface area contributed by atoms with Gasteiger partial charge in [-0.2, -0.15) is 5.26 Å². The summed E-state index contributed by atoms with van der Waals surface area (Å²) in [6.07, 6.45) is 11.4. The van der Waals surface area contributed by atoms with Gasteiger partial charge in [-0.1, -0.05) is 68.4 Å². The van der Waals surface area contributed by atoms with Crippen LogP contribution >= 0.6 is 11.3 Å². The summed E-state index contributed by atoms with van der Waals surface area (Å²) in [5, 5.41) is 10.6. The number of carbonyl (C=O) groups excluding carboxylic acids is 1. The summed E-state index contributed by atoms with van der Waals surface area (Å²) in [6, 6.07) is 10.7. The molecule has 2 saturated carbocycles. The molecule has 5 rings (SSSR count). The van der Waals surface area contributed by atoms with Gasteiger partial charge in [0, 0.05) is 23.0 Å². The third-order valence-electron chi connectivity index (χ3n) is 7.72. The van der Waals surface area contributed by atoms with Crippen LogP contribution in [0.25, 0.3) is 21.3 Å². The van der Waals surface area contributed by atoms with Crippen molar-refractivity contribution in [3.63, 3.8) is 0 Å². The molecule has 35 heavy (non-hydrogen) atoms. The quantitative estimate of drug-likeness (QED) is 0.441. The number of nitrogens with two attached hydrogens (primary N) is 2. The first-order valence-corrected chi connectivity index (χ1v) is 13.6. The van der Waals surface area contributed by atoms with E-state index in [4.69, 9.17) is 11.5 Å². The van der Waals surface area contributed by atoms with Crippen LogP contribution in [0.2, 0.25) is 0 Å². The van der Waals surface area contributed by atoms with Crippen molar-refractivity contribution >= 4 is 39.0 Å². The van der Waals surface area contributed by atoms with Crippen LogP contribution in [0.4, 0.5) is 11.5 Å². The molecular formula is C28H33N5OS. The zero-order chi connectivity index (χ0) is 24.5. The van der Waals surface area contributed by atoms with E-state index in [0.717, 1.165) is 36.8 Å². The fourth-order valence-electron chi connectivity index (χ4n) is 5.92. The summed E-state index contributed by atoms with van der Waals surface area (Å²) in [5.41, 5.74) is 16.4. The number of benzene rings is 1. The van der Waals surface area contributed by atoms with Crippen molar-refractivity contribution in [3.8, 4) is 17.2 Å². The number of amides is 1. The zero-order valence-electron chi connectivity index (χ0n) is 20.3. The van der Waals surface area contributed by atoms with Crippen molar-refractivity contribution in [3.05, 3.63) is 40.3 Å². The minimum absolute atomic E-state index is 0.0243. The molecule has 0 radical (unpaired) electrons. The lowest BCUT2D eigenvalue weighted by Crippen LogP contribution is -2.48. The Bertz CT molecular complexity index is 1260. The normalized spacial score (nSPS) is 17.4. The molecule has 2 heterocycles. The molecular weight excluding hydrogens is 454 g/mol. The number of rotatable bonds is 4. The number of hydrogen-bond donors (Lipinski definition) is 2. The second-order valence-electron chi connectivity index (χ2n) is 10.0. The molecule has 1 amide bonds. The minimum atomic E-state index is 0.0243. The monoisotopic (exact) mass is 487 g/mol. The van der Waals surface area contributed by atoms with Crippen molar-refractivity contribution in [1.29, 1.82) is 5.26 Å². The number of pyridine rings is 1. The van der Waals surface area contributed by atoms with Gasteiger partial charge in [0.1, 0.15) is 27.2 Å². The van der Waals surface area contributed by atoms with Crippen LogP contribution in [0.15, 0.2) is 24.3 Å². The Balaban J connectivity index is 1.65. The number of anilines is 2. The predicted octanol–water partition coefficient (Wildman–Crippen LogP) is 6.42. The van der Waals surface area contributed by atoms with Gasteiger partial charge in [-0.3, -0.25) is 4.79 Å². The molecule has 2 aliphatic carbocycles. The Hall–Kier alpha value is -3.11. The number of aryl methyl sites for hydroxylation is 1. The van der Waals surface area contributed by atoms with Crippen LogP contribution in [0, 0.1) is 18.3 Å². The highest BCUT2D eigenvalue weighted by molar-refractivity contribution is 7.21. The highest BCUT2D eigenvalue weighted by atomic mass is 32.1. The lowest BCUT2D eigenvalue weighted by atomic mass is 9.88. The standard InChI is InChI=1S/C28H33N5OS/c1-17-12-14-18(15-13-17)22-21(16-29)26(31)32-27-23(22)24(30)25(35-27)28(34)33(19-8-4-2-5-9-19)20-10-6-3-7-11-20/h12-15,19-20H,2-11,30H2,1H3,(H2,31,32). The maximum Gasteiger partial charge on any atom is 0.266 e. The number of nitriles is 1. The second kappa shape index (κ2) is 9.87. The number of hydrogen-bond acceptors (Lipinski definition) is 6. The number of aromatic nitrogens is 1. The van der Waals surface area contributed by atoms with Gasteiger partial charge >= 0.3 is 0 Å². The highest BCUT2D eigenvalue weighted by Crippen LogP contribution is 2.44. The van der Waals surface area contributed by atoms with Gasteiger partial charge in [0.15, 0.2) is 0 Å². The summed E-state index contributed by atoms with van der Waals surface area (Å²) in [6.45, 7) is 2.02.